The van der Waals surface area contributed by atoms with Crippen LogP contribution in [0.25, 0.3) is 0 Å². The normalized spacial score (nSPS) is 15.4. The quantitative estimate of drug-likeness (QED) is 0.625. The molecule has 0 fully saturated rings. The van der Waals surface area contributed by atoms with Crippen LogP contribution in [-0.2, 0) is 26.4 Å². The van der Waals surface area contributed by atoms with E-state index in [1.807, 2.05) is 18.7 Å². The van der Waals surface area contributed by atoms with Gasteiger partial charge in [0.25, 0.3) is 0 Å². The first-order valence-electron chi connectivity index (χ1n) is 10.1. The largest absolute Gasteiger partial charge is 0.357 e. The van der Waals surface area contributed by atoms with Crippen molar-refractivity contribution in [1.29, 1.82) is 0 Å². The second kappa shape index (κ2) is 8.59. The lowest BCUT2D eigenvalue weighted by atomic mass is 9.89. The zero-order chi connectivity index (χ0) is 19.4. The first-order chi connectivity index (χ1) is 13.0. The predicted octanol–water partition coefficient (Wildman–Crippen LogP) is 3.73. The van der Waals surface area contributed by atoms with Crippen molar-refractivity contribution in [2.45, 2.75) is 66.0 Å². The zero-order valence-electron chi connectivity index (χ0n) is 17.4. The van der Waals surface area contributed by atoms with Crippen LogP contribution in [0, 0.1) is 13.8 Å². The van der Waals surface area contributed by atoms with Crippen LogP contribution in [0.3, 0.4) is 0 Å². The molecule has 1 unspecified atom stereocenters. The number of aliphatic imine (C=N–C) groups is 1. The third-order valence-corrected chi connectivity index (χ3v) is 5.62. The lowest BCUT2D eigenvalue weighted by molar-refractivity contribution is 0.665. The number of hydrogen-bond donors (Lipinski definition) is 2. The SMILES string of the molecule is CCNC(=NCc1c(C)nn(C)c1C)NC(C)c1ccc2c(c1)CCCC2. The topological polar surface area (TPSA) is 54.2 Å². The third-order valence-electron chi connectivity index (χ3n) is 5.62. The molecule has 1 atom stereocenters. The Morgan fingerprint density at radius 3 is 2.63 bits per heavy atom. The monoisotopic (exact) mass is 367 g/mol. The van der Waals surface area contributed by atoms with Crippen molar-refractivity contribution in [2.24, 2.45) is 12.0 Å². The van der Waals surface area contributed by atoms with Gasteiger partial charge in [-0.15, -0.1) is 0 Å². The van der Waals surface area contributed by atoms with Crippen molar-refractivity contribution in [2.75, 3.05) is 6.54 Å². The number of rotatable bonds is 5. The van der Waals surface area contributed by atoms with Crippen LogP contribution in [0.5, 0.6) is 0 Å². The Morgan fingerprint density at radius 1 is 1.22 bits per heavy atom. The summed E-state index contributed by atoms with van der Waals surface area (Å²) in [6, 6.07) is 7.17. The van der Waals surface area contributed by atoms with Gasteiger partial charge in [-0.2, -0.15) is 5.10 Å². The highest BCUT2D eigenvalue weighted by atomic mass is 15.3. The van der Waals surface area contributed by atoms with Gasteiger partial charge in [0, 0.05) is 24.8 Å². The molecule has 2 N–H and O–H groups in total. The van der Waals surface area contributed by atoms with E-state index in [0.29, 0.717) is 6.54 Å². The number of hydrogen-bond acceptors (Lipinski definition) is 2. The Labute approximate surface area is 163 Å². The second-order valence-corrected chi connectivity index (χ2v) is 7.57. The minimum Gasteiger partial charge on any atom is -0.357 e. The van der Waals surface area contributed by atoms with Crippen LogP contribution in [0.1, 0.15) is 66.4 Å². The summed E-state index contributed by atoms with van der Waals surface area (Å²) in [5.74, 6) is 0.852. The lowest BCUT2D eigenvalue weighted by Crippen LogP contribution is -2.38. The Hall–Kier alpha value is -2.30. The van der Waals surface area contributed by atoms with Gasteiger partial charge in [-0.1, -0.05) is 18.2 Å². The summed E-state index contributed by atoms with van der Waals surface area (Å²) in [7, 11) is 1.98. The number of aromatic nitrogens is 2. The van der Waals surface area contributed by atoms with Gasteiger partial charge in [0.05, 0.1) is 18.3 Å². The summed E-state index contributed by atoms with van der Waals surface area (Å²) in [6.45, 7) is 9.93. The fraction of sp³-hybridized carbons (Fsp3) is 0.545. The number of aryl methyl sites for hydroxylation is 4. The summed E-state index contributed by atoms with van der Waals surface area (Å²) in [5.41, 5.74) is 7.81. The molecule has 2 aromatic rings. The van der Waals surface area contributed by atoms with Gasteiger partial charge in [-0.25, -0.2) is 4.99 Å². The first-order valence-corrected chi connectivity index (χ1v) is 10.1. The Balaban J connectivity index is 1.73. The average molecular weight is 368 g/mol. The molecular weight excluding hydrogens is 334 g/mol. The molecule has 3 rings (SSSR count). The molecule has 1 aliphatic carbocycles. The smallest absolute Gasteiger partial charge is 0.192 e. The maximum atomic E-state index is 4.81. The van der Waals surface area contributed by atoms with Crippen molar-refractivity contribution in [3.05, 3.63) is 51.8 Å². The molecule has 146 valence electrons. The van der Waals surface area contributed by atoms with E-state index in [-0.39, 0.29) is 6.04 Å². The van der Waals surface area contributed by atoms with Crippen LogP contribution in [0.4, 0.5) is 0 Å². The van der Waals surface area contributed by atoms with E-state index in [9.17, 15) is 0 Å². The molecule has 27 heavy (non-hydrogen) atoms. The lowest BCUT2D eigenvalue weighted by Gasteiger charge is -2.21. The molecular formula is C22H33N5. The third kappa shape index (κ3) is 4.52. The van der Waals surface area contributed by atoms with E-state index < -0.39 is 0 Å². The van der Waals surface area contributed by atoms with Crippen LogP contribution in [0.15, 0.2) is 23.2 Å². The predicted molar refractivity (Wildman–Crippen MR) is 112 cm³/mol. The molecule has 1 aromatic heterocycles. The molecule has 5 heteroatoms. The number of nitrogens with zero attached hydrogens (tertiary/aromatic N) is 3. The molecule has 0 saturated heterocycles. The molecule has 0 amide bonds. The van der Waals surface area contributed by atoms with Crippen molar-refractivity contribution in [3.63, 3.8) is 0 Å². The molecule has 1 aromatic carbocycles. The standard InChI is InChI=1S/C22H33N5/c1-6-23-22(24-14-21-16(3)26-27(5)17(21)4)25-15(2)19-12-11-18-9-7-8-10-20(18)13-19/h11-13,15H,6-10,14H2,1-5H3,(H2,23,24,25). The summed E-state index contributed by atoms with van der Waals surface area (Å²) in [5, 5.41) is 11.4. The van der Waals surface area contributed by atoms with Gasteiger partial charge in [0.15, 0.2) is 5.96 Å². The van der Waals surface area contributed by atoms with Crippen molar-refractivity contribution >= 4 is 5.96 Å². The Kier molecular flexibility index (Phi) is 6.19. The zero-order valence-corrected chi connectivity index (χ0v) is 17.4. The van der Waals surface area contributed by atoms with Crippen molar-refractivity contribution in [3.8, 4) is 0 Å². The molecule has 1 aliphatic rings. The number of benzene rings is 1. The van der Waals surface area contributed by atoms with Gasteiger partial charge < -0.3 is 10.6 Å². The maximum Gasteiger partial charge on any atom is 0.192 e. The Morgan fingerprint density at radius 2 is 1.96 bits per heavy atom. The minimum atomic E-state index is 0.214. The van der Waals surface area contributed by atoms with Gasteiger partial charge in [-0.05, 0) is 70.1 Å². The van der Waals surface area contributed by atoms with Crippen molar-refractivity contribution < 1.29 is 0 Å². The molecule has 5 nitrogen and oxygen atoms in total. The molecule has 0 radical (unpaired) electrons. The van der Waals surface area contributed by atoms with E-state index in [2.05, 4.69) is 54.7 Å². The van der Waals surface area contributed by atoms with E-state index in [4.69, 9.17) is 4.99 Å². The van der Waals surface area contributed by atoms with Crippen LogP contribution in [0.2, 0.25) is 0 Å². The van der Waals surface area contributed by atoms with Crippen LogP contribution < -0.4 is 10.6 Å². The average Bonchev–Trinajstić information content (AvgIpc) is 2.91. The van der Waals surface area contributed by atoms with Gasteiger partial charge in [0.2, 0.25) is 0 Å². The van der Waals surface area contributed by atoms with E-state index >= 15 is 0 Å². The molecule has 0 aliphatic heterocycles. The summed E-state index contributed by atoms with van der Waals surface area (Å²) < 4.78 is 1.93. The van der Waals surface area contributed by atoms with Gasteiger partial charge in [-0.3, -0.25) is 4.68 Å². The van der Waals surface area contributed by atoms with E-state index in [1.54, 1.807) is 0 Å². The van der Waals surface area contributed by atoms with E-state index in [0.717, 1.165) is 18.2 Å². The highest BCUT2D eigenvalue weighted by Crippen LogP contribution is 2.24. The number of fused-ring (bicyclic) bond motifs is 1. The van der Waals surface area contributed by atoms with Gasteiger partial charge in [0.1, 0.15) is 0 Å². The van der Waals surface area contributed by atoms with Crippen molar-refractivity contribution in [1.82, 2.24) is 20.4 Å². The highest BCUT2D eigenvalue weighted by molar-refractivity contribution is 5.80. The Bertz CT molecular complexity index is 818. The van der Waals surface area contributed by atoms with E-state index in [1.165, 1.54) is 53.6 Å². The van der Waals surface area contributed by atoms with Gasteiger partial charge >= 0.3 is 0 Å². The molecule has 1 heterocycles. The van der Waals surface area contributed by atoms with Crippen LogP contribution >= 0.6 is 0 Å². The molecule has 0 saturated carbocycles. The summed E-state index contributed by atoms with van der Waals surface area (Å²) >= 11 is 0. The molecule has 0 spiro atoms. The minimum absolute atomic E-state index is 0.214. The number of guanidine groups is 1. The fourth-order valence-corrected chi connectivity index (χ4v) is 3.84. The van der Waals surface area contributed by atoms with Crippen LogP contribution in [-0.4, -0.2) is 22.3 Å². The molecule has 0 bridgehead atoms. The second-order valence-electron chi connectivity index (χ2n) is 7.57. The first kappa shape index (κ1) is 19.5. The maximum absolute atomic E-state index is 4.81. The summed E-state index contributed by atoms with van der Waals surface area (Å²) in [4.78, 5) is 4.81. The highest BCUT2D eigenvalue weighted by Gasteiger charge is 2.14. The number of nitrogens with one attached hydrogen (secondary N) is 2. The fourth-order valence-electron chi connectivity index (χ4n) is 3.84. The summed E-state index contributed by atoms with van der Waals surface area (Å²) in [6.07, 6.45) is 5.08.